The standard InChI is InChI=1S/C20H22O/c1-4-21-20(2,3)19-17-13-9-8-12-16(17)14-18(19)15-10-6-5-7-11-15/h5-14,19H,4H2,1-3H3/t19-/m0/s1. The Labute approximate surface area is 127 Å². The third-order valence-corrected chi connectivity index (χ3v) is 4.25. The molecule has 0 amide bonds. The van der Waals surface area contributed by atoms with E-state index < -0.39 is 0 Å². The number of rotatable bonds is 4. The lowest BCUT2D eigenvalue weighted by Crippen LogP contribution is -2.32. The third-order valence-electron chi connectivity index (χ3n) is 4.25. The zero-order valence-corrected chi connectivity index (χ0v) is 13.0. The van der Waals surface area contributed by atoms with Crippen LogP contribution in [0.1, 0.15) is 43.4 Å². The fourth-order valence-corrected chi connectivity index (χ4v) is 3.41. The largest absolute Gasteiger partial charge is 0.375 e. The average molecular weight is 278 g/mol. The molecule has 0 radical (unpaired) electrons. The Bertz CT molecular complexity index is 653. The van der Waals surface area contributed by atoms with Crippen LogP contribution in [0, 0.1) is 0 Å². The Morgan fingerprint density at radius 2 is 1.62 bits per heavy atom. The quantitative estimate of drug-likeness (QED) is 0.752. The van der Waals surface area contributed by atoms with E-state index in [-0.39, 0.29) is 11.5 Å². The second kappa shape index (κ2) is 5.50. The van der Waals surface area contributed by atoms with Crippen LogP contribution in [0.25, 0.3) is 11.6 Å². The summed E-state index contributed by atoms with van der Waals surface area (Å²) in [6, 6.07) is 19.3. The lowest BCUT2D eigenvalue weighted by Gasteiger charge is -2.34. The highest BCUT2D eigenvalue weighted by Gasteiger charge is 2.38. The fourth-order valence-electron chi connectivity index (χ4n) is 3.41. The maximum absolute atomic E-state index is 6.08. The Kier molecular flexibility index (Phi) is 3.69. The molecule has 3 rings (SSSR count). The highest BCUT2D eigenvalue weighted by molar-refractivity contribution is 5.92. The van der Waals surface area contributed by atoms with Crippen molar-refractivity contribution in [1.29, 1.82) is 0 Å². The van der Waals surface area contributed by atoms with Crippen molar-refractivity contribution in [3.8, 4) is 0 Å². The minimum Gasteiger partial charge on any atom is -0.375 e. The molecule has 2 aromatic carbocycles. The summed E-state index contributed by atoms with van der Waals surface area (Å²) in [6.45, 7) is 7.18. The van der Waals surface area contributed by atoms with E-state index in [1.165, 1.54) is 22.3 Å². The molecule has 0 aromatic heterocycles. The summed E-state index contributed by atoms with van der Waals surface area (Å²) in [5.74, 6) is 0.274. The SMILES string of the molecule is CCOC(C)(C)[C@@H]1C(c2ccccc2)=Cc2ccccc21. The third kappa shape index (κ3) is 2.54. The van der Waals surface area contributed by atoms with Crippen molar-refractivity contribution < 1.29 is 4.74 Å². The zero-order valence-electron chi connectivity index (χ0n) is 13.0. The Morgan fingerprint density at radius 1 is 0.952 bits per heavy atom. The van der Waals surface area contributed by atoms with Crippen molar-refractivity contribution in [2.45, 2.75) is 32.3 Å². The highest BCUT2D eigenvalue weighted by atomic mass is 16.5. The van der Waals surface area contributed by atoms with Gasteiger partial charge in [-0.15, -0.1) is 0 Å². The van der Waals surface area contributed by atoms with Gasteiger partial charge < -0.3 is 4.74 Å². The molecule has 1 nitrogen and oxygen atoms in total. The molecule has 0 saturated heterocycles. The number of fused-ring (bicyclic) bond motifs is 1. The number of hydrogen-bond acceptors (Lipinski definition) is 1. The van der Waals surface area contributed by atoms with Gasteiger partial charge in [-0.05, 0) is 43.0 Å². The van der Waals surface area contributed by atoms with E-state index in [9.17, 15) is 0 Å². The van der Waals surface area contributed by atoms with Crippen molar-refractivity contribution in [3.63, 3.8) is 0 Å². The molecule has 0 spiro atoms. The summed E-state index contributed by atoms with van der Waals surface area (Å²) in [6.07, 6.45) is 2.32. The van der Waals surface area contributed by atoms with Crippen LogP contribution in [0.3, 0.4) is 0 Å². The van der Waals surface area contributed by atoms with Crippen molar-refractivity contribution >= 4 is 11.6 Å². The van der Waals surface area contributed by atoms with Crippen LogP contribution in [0.15, 0.2) is 54.6 Å². The minimum absolute atomic E-state index is 0.219. The molecule has 1 heteroatoms. The van der Waals surface area contributed by atoms with Crippen LogP contribution >= 0.6 is 0 Å². The molecule has 1 aliphatic carbocycles. The second-order valence-electron chi connectivity index (χ2n) is 6.06. The van der Waals surface area contributed by atoms with Crippen LogP contribution in [0.4, 0.5) is 0 Å². The average Bonchev–Trinajstić information content (AvgIpc) is 2.88. The number of ether oxygens (including phenoxy) is 1. The van der Waals surface area contributed by atoms with Crippen molar-refractivity contribution in [3.05, 3.63) is 71.3 Å². The first-order valence-corrected chi connectivity index (χ1v) is 7.63. The molecular weight excluding hydrogens is 256 g/mol. The zero-order chi connectivity index (χ0) is 14.9. The van der Waals surface area contributed by atoms with Gasteiger partial charge in [-0.3, -0.25) is 0 Å². The highest BCUT2D eigenvalue weighted by Crippen LogP contribution is 2.48. The number of benzene rings is 2. The van der Waals surface area contributed by atoms with E-state index in [2.05, 4.69) is 81.4 Å². The molecule has 0 fully saturated rings. The van der Waals surface area contributed by atoms with Crippen LogP contribution in [0.2, 0.25) is 0 Å². The molecular formula is C20H22O. The van der Waals surface area contributed by atoms with Crippen molar-refractivity contribution in [2.75, 3.05) is 6.61 Å². The van der Waals surface area contributed by atoms with E-state index in [1.807, 2.05) is 0 Å². The molecule has 1 atom stereocenters. The topological polar surface area (TPSA) is 9.23 Å². The normalized spacial score (nSPS) is 17.5. The summed E-state index contributed by atoms with van der Waals surface area (Å²) in [7, 11) is 0. The molecule has 0 unspecified atom stereocenters. The summed E-state index contributed by atoms with van der Waals surface area (Å²) >= 11 is 0. The van der Waals surface area contributed by atoms with Gasteiger partial charge in [-0.2, -0.15) is 0 Å². The first-order chi connectivity index (χ1) is 10.1. The smallest absolute Gasteiger partial charge is 0.0735 e. The summed E-state index contributed by atoms with van der Waals surface area (Å²) in [5, 5.41) is 0. The van der Waals surface area contributed by atoms with Gasteiger partial charge in [-0.1, -0.05) is 60.7 Å². The first kappa shape index (κ1) is 14.1. The van der Waals surface area contributed by atoms with Gasteiger partial charge in [-0.25, -0.2) is 0 Å². The van der Waals surface area contributed by atoms with Gasteiger partial charge in [0.25, 0.3) is 0 Å². The second-order valence-corrected chi connectivity index (χ2v) is 6.06. The minimum atomic E-state index is -0.219. The molecule has 1 aliphatic rings. The molecule has 0 aliphatic heterocycles. The lowest BCUT2D eigenvalue weighted by molar-refractivity contribution is -0.0178. The molecule has 0 heterocycles. The van der Waals surface area contributed by atoms with Crippen molar-refractivity contribution in [1.82, 2.24) is 0 Å². The van der Waals surface area contributed by atoms with Crippen molar-refractivity contribution in [2.24, 2.45) is 0 Å². The summed E-state index contributed by atoms with van der Waals surface area (Å²) in [4.78, 5) is 0. The summed E-state index contributed by atoms with van der Waals surface area (Å²) in [5.41, 5.74) is 5.11. The van der Waals surface area contributed by atoms with Gasteiger partial charge in [0.2, 0.25) is 0 Å². The first-order valence-electron chi connectivity index (χ1n) is 7.63. The molecule has 2 aromatic rings. The lowest BCUT2D eigenvalue weighted by atomic mass is 9.79. The van der Waals surface area contributed by atoms with Crippen LogP contribution in [-0.4, -0.2) is 12.2 Å². The number of hydrogen-bond donors (Lipinski definition) is 0. The Morgan fingerprint density at radius 3 is 2.33 bits per heavy atom. The molecule has 0 saturated carbocycles. The van der Waals surface area contributed by atoms with Gasteiger partial charge in [0.1, 0.15) is 0 Å². The Hall–Kier alpha value is -1.86. The van der Waals surface area contributed by atoms with Crippen LogP contribution in [0.5, 0.6) is 0 Å². The van der Waals surface area contributed by atoms with Gasteiger partial charge >= 0.3 is 0 Å². The molecule has 0 N–H and O–H groups in total. The van der Waals surface area contributed by atoms with Crippen LogP contribution in [-0.2, 0) is 4.74 Å². The molecule has 0 bridgehead atoms. The maximum Gasteiger partial charge on any atom is 0.0735 e. The van der Waals surface area contributed by atoms with E-state index in [0.717, 1.165) is 6.61 Å². The monoisotopic (exact) mass is 278 g/mol. The maximum atomic E-state index is 6.08. The predicted molar refractivity (Wildman–Crippen MR) is 89.2 cm³/mol. The molecule has 21 heavy (non-hydrogen) atoms. The van der Waals surface area contributed by atoms with E-state index in [1.54, 1.807) is 0 Å². The summed E-state index contributed by atoms with van der Waals surface area (Å²) < 4.78 is 6.08. The van der Waals surface area contributed by atoms with Gasteiger partial charge in [0.15, 0.2) is 0 Å². The Balaban J connectivity index is 2.11. The van der Waals surface area contributed by atoms with Gasteiger partial charge in [0.05, 0.1) is 5.60 Å². The fraction of sp³-hybridized carbons (Fsp3) is 0.300. The van der Waals surface area contributed by atoms with E-state index >= 15 is 0 Å². The van der Waals surface area contributed by atoms with E-state index in [0.29, 0.717) is 0 Å². The van der Waals surface area contributed by atoms with E-state index in [4.69, 9.17) is 4.74 Å². The predicted octanol–water partition coefficient (Wildman–Crippen LogP) is 5.14. The van der Waals surface area contributed by atoms with Gasteiger partial charge in [0, 0.05) is 12.5 Å². The molecule has 108 valence electrons. The van der Waals surface area contributed by atoms with Crippen LogP contribution < -0.4 is 0 Å².